The quantitative estimate of drug-likeness (QED) is 0.580. The molecule has 0 aliphatic heterocycles. The second kappa shape index (κ2) is 9.08. The maximum absolute atomic E-state index is 13.2. The third-order valence-electron chi connectivity index (χ3n) is 3.54. The van der Waals surface area contributed by atoms with Crippen LogP contribution in [0.5, 0.6) is 5.75 Å². The fourth-order valence-corrected chi connectivity index (χ4v) is 2.31. The van der Waals surface area contributed by atoms with Crippen LogP contribution in [0.15, 0.2) is 60.7 Å². The molecule has 2 aromatic rings. The van der Waals surface area contributed by atoms with E-state index in [9.17, 15) is 18.0 Å². The molecule has 2 rings (SSSR count). The van der Waals surface area contributed by atoms with Gasteiger partial charge in [-0.15, -0.1) is 0 Å². The SMILES string of the molecule is Cc1cccc(OCCCNC(=O)/C=C(/c2ccccc2)C(F)(F)F)c1. The highest BCUT2D eigenvalue weighted by Crippen LogP contribution is 2.33. The van der Waals surface area contributed by atoms with Crippen LogP contribution >= 0.6 is 0 Å². The summed E-state index contributed by atoms with van der Waals surface area (Å²) in [4.78, 5) is 11.8. The zero-order valence-electron chi connectivity index (χ0n) is 14.3. The summed E-state index contributed by atoms with van der Waals surface area (Å²) >= 11 is 0. The second-order valence-electron chi connectivity index (χ2n) is 5.73. The van der Waals surface area contributed by atoms with Crippen molar-refractivity contribution >= 4 is 11.5 Å². The minimum absolute atomic E-state index is 0.0436. The van der Waals surface area contributed by atoms with E-state index in [1.165, 1.54) is 24.3 Å². The average molecular weight is 363 g/mol. The van der Waals surface area contributed by atoms with Gasteiger partial charge in [0.1, 0.15) is 5.75 Å². The fraction of sp³-hybridized carbons (Fsp3) is 0.250. The number of hydrogen-bond donors (Lipinski definition) is 1. The van der Waals surface area contributed by atoms with Crippen LogP contribution in [0.25, 0.3) is 5.57 Å². The predicted octanol–water partition coefficient (Wildman–Crippen LogP) is 4.53. The molecule has 0 heterocycles. The molecule has 0 saturated heterocycles. The first-order valence-electron chi connectivity index (χ1n) is 8.18. The van der Waals surface area contributed by atoms with Gasteiger partial charge in [0.2, 0.25) is 5.91 Å². The Hall–Kier alpha value is -2.76. The topological polar surface area (TPSA) is 38.3 Å². The maximum atomic E-state index is 13.2. The van der Waals surface area contributed by atoms with Gasteiger partial charge in [-0.2, -0.15) is 13.2 Å². The number of alkyl halides is 3. The summed E-state index contributed by atoms with van der Waals surface area (Å²) < 4.78 is 45.0. The zero-order valence-corrected chi connectivity index (χ0v) is 14.3. The molecular formula is C20H20F3NO2. The monoisotopic (exact) mass is 363 g/mol. The Morgan fingerprint density at radius 1 is 1.12 bits per heavy atom. The summed E-state index contributed by atoms with van der Waals surface area (Å²) in [6.45, 7) is 2.53. The highest BCUT2D eigenvalue weighted by molar-refractivity contribution is 5.96. The van der Waals surface area contributed by atoms with E-state index in [0.717, 1.165) is 11.3 Å². The van der Waals surface area contributed by atoms with Crippen molar-refractivity contribution in [3.63, 3.8) is 0 Å². The molecule has 0 bridgehead atoms. The first-order chi connectivity index (χ1) is 12.4. The van der Waals surface area contributed by atoms with Crippen LogP contribution in [0.4, 0.5) is 13.2 Å². The van der Waals surface area contributed by atoms with Crippen LogP contribution in [0.3, 0.4) is 0 Å². The van der Waals surface area contributed by atoms with Gasteiger partial charge in [-0.25, -0.2) is 0 Å². The highest BCUT2D eigenvalue weighted by atomic mass is 19.4. The van der Waals surface area contributed by atoms with Crippen LogP contribution in [0, 0.1) is 6.92 Å². The molecule has 0 unspecified atom stereocenters. The Kier molecular flexibility index (Phi) is 6.83. The lowest BCUT2D eigenvalue weighted by Crippen LogP contribution is -2.25. The van der Waals surface area contributed by atoms with Gasteiger partial charge in [-0.05, 0) is 36.6 Å². The van der Waals surface area contributed by atoms with Crippen LogP contribution in [-0.4, -0.2) is 25.2 Å². The third-order valence-corrected chi connectivity index (χ3v) is 3.54. The number of allylic oxidation sites excluding steroid dienone is 1. The number of halogens is 3. The number of rotatable bonds is 7. The number of hydrogen-bond acceptors (Lipinski definition) is 2. The molecule has 6 heteroatoms. The van der Waals surface area contributed by atoms with Crippen molar-refractivity contribution in [1.82, 2.24) is 5.32 Å². The van der Waals surface area contributed by atoms with Gasteiger partial charge in [0.25, 0.3) is 0 Å². The number of carbonyl (C=O) groups excluding carboxylic acids is 1. The molecule has 138 valence electrons. The van der Waals surface area contributed by atoms with Crippen LogP contribution in [0.2, 0.25) is 0 Å². The number of amides is 1. The van der Waals surface area contributed by atoms with Gasteiger partial charge in [0.05, 0.1) is 12.2 Å². The van der Waals surface area contributed by atoms with Gasteiger partial charge >= 0.3 is 6.18 Å². The normalized spacial score (nSPS) is 11.9. The lowest BCUT2D eigenvalue weighted by Gasteiger charge is -2.12. The molecule has 3 nitrogen and oxygen atoms in total. The van der Waals surface area contributed by atoms with E-state index in [2.05, 4.69) is 5.32 Å². The predicted molar refractivity (Wildman–Crippen MR) is 94.8 cm³/mol. The fourth-order valence-electron chi connectivity index (χ4n) is 2.31. The standard InChI is InChI=1S/C20H20F3NO2/c1-15-7-5-10-17(13-15)26-12-6-11-24-19(25)14-18(20(21,22)23)16-8-3-2-4-9-16/h2-5,7-10,13-14H,6,11-12H2,1H3,(H,24,25)/b18-14-. The van der Waals surface area contributed by atoms with Crippen molar-refractivity contribution in [3.05, 3.63) is 71.8 Å². The molecule has 0 fully saturated rings. The molecule has 0 radical (unpaired) electrons. The summed E-state index contributed by atoms with van der Waals surface area (Å²) in [6, 6.07) is 14.8. The summed E-state index contributed by atoms with van der Waals surface area (Å²) in [6.07, 6.45) is -3.52. The Morgan fingerprint density at radius 3 is 2.50 bits per heavy atom. The van der Waals surface area contributed by atoms with E-state index < -0.39 is 17.7 Å². The van der Waals surface area contributed by atoms with E-state index in [4.69, 9.17) is 4.74 Å². The van der Waals surface area contributed by atoms with Crippen LogP contribution in [-0.2, 0) is 4.79 Å². The van der Waals surface area contributed by atoms with Crippen molar-refractivity contribution < 1.29 is 22.7 Å². The molecule has 0 aromatic heterocycles. The lowest BCUT2D eigenvalue weighted by atomic mass is 10.1. The summed E-state index contributed by atoms with van der Waals surface area (Å²) in [7, 11) is 0. The van der Waals surface area contributed by atoms with Crippen molar-refractivity contribution in [1.29, 1.82) is 0 Å². The van der Waals surface area contributed by atoms with E-state index >= 15 is 0 Å². The summed E-state index contributed by atoms with van der Waals surface area (Å²) in [5.41, 5.74) is 0.0612. The first kappa shape index (κ1) is 19.6. The molecule has 0 spiro atoms. The number of benzene rings is 2. The minimum Gasteiger partial charge on any atom is -0.494 e. The maximum Gasteiger partial charge on any atom is 0.417 e. The largest absolute Gasteiger partial charge is 0.494 e. The van der Waals surface area contributed by atoms with Crippen molar-refractivity contribution in [3.8, 4) is 5.75 Å². The Bertz CT molecular complexity index is 755. The molecule has 0 aliphatic carbocycles. The molecule has 0 aliphatic rings. The second-order valence-corrected chi connectivity index (χ2v) is 5.73. The third kappa shape index (κ3) is 6.27. The molecule has 0 atom stereocenters. The molecular weight excluding hydrogens is 343 g/mol. The highest BCUT2D eigenvalue weighted by Gasteiger charge is 2.35. The van der Waals surface area contributed by atoms with Gasteiger partial charge < -0.3 is 10.1 Å². The Labute approximate surface area is 150 Å². The molecule has 0 saturated carbocycles. The molecule has 1 amide bonds. The van der Waals surface area contributed by atoms with Crippen molar-refractivity contribution in [2.75, 3.05) is 13.2 Å². The van der Waals surface area contributed by atoms with Crippen molar-refractivity contribution in [2.45, 2.75) is 19.5 Å². The number of aryl methyl sites for hydroxylation is 1. The van der Waals surface area contributed by atoms with Crippen LogP contribution in [0.1, 0.15) is 17.5 Å². The first-order valence-corrected chi connectivity index (χ1v) is 8.18. The van der Waals surface area contributed by atoms with E-state index in [0.29, 0.717) is 19.1 Å². The number of nitrogens with one attached hydrogen (secondary N) is 1. The van der Waals surface area contributed by atoms with Gasteiger partial charge in [0, 0.05) is 12.6 Å². The smallest absolute Gasteiger partial charge is 0.417 e. The van der Waals surface area contributed by atoms with E-state index in [-0.39, 0.29) is 12.1 Å². The lowest BCUT2D eigenvalue weighted by molar-refractivity contribution is -0.117. The van der Waals surface area contributed by atoms with Gasteiger partial charge in [0.15, 0.2) is 0 Å². The van der Waals surface area contributed by atoms with Gasteiger partial charge in [-0.1, -0.05) is 42.5 Å². The molecule has 2 aromatic carbocycles. The zero-order chi connectivity index (χ0) is 19.0. The van der Waals surface area contributed by atoms with Crippen molar-refractivity contribution in [2.24, 2.45) is 0 Å². The molecule has 26 heavy (non-hydrogen) atoms. The van der Waals surface area contributed by atoms with E-state index in [1.54, 1.807) is 6.07 Å². The Morgan fingerprint density at radius 2 is 1.85 bits per heavy atom. The van der Waals surface area contributed by atoms with Gasteiger partial charge in [-0.3, -0.25) is 4.79 Å². The van der Waals surface area contributed by atoms with E-state index in [1.807, 2.05) is 31.2 Å². The Balaban J connectivity index is 1.85. The van der Waals surface area contributed by atoms with Crippen LogP contribution < -0.4 is 10.1 Å². The summed E-state index contributed by atoms with van der Waals surface area (Å²) in [5.74, 6) is -0.0589. The minimum atomic E-state index is -4.60. The summed E-state index contributed by atoms with van der Waals surface area (Å²) in [5, 5.41) is 2.46. The number of ether oxygens (including phenoxy) is 1. The average Bonchev–Trinajstić information content (AvgIpc) is 2.59. The molecule has 1 N–H and O–H groups in total. The number of carbonyl (C=O) groups is 1.